The Morgan fingerprint density at radius 2 is 1.88 bits per heavy atom. The number of aromatic nitrogens is 1. The Morgan fingerprint density at radius 3 is 2.54 bits per heavy atom. The molecule has 0 atom stereocenters. The first-order valence-electron chi connectivity index (χ1n) is 7.63. The number of carbonyl (C=O) groups excluding carboxylic acids is 1. The SMILES string of the molecule is Br.C=CCn1c(-c2ccccc2)csc1=NNC(=O)c1ccc(Br)cc1. The zero-order valence-electron chi connectivity index (χ0n) is 13.8. The summed E-state index contributed by atoms with van der Waals surface area (Å²) in [5, 5.41) is 6.32. The molecule has 26 heavy (non-hydrogen) atoms. The highest BCUT2D eigenvalue weighted by atomic mass is 79.9. The number of rotatable bonds is 5. The molecule has 1 amide bonds. The van der Waals surface area contributed by atoms with Crippen molar-refractivity contribution >= 4 is 50.2 Å². The van der Waals surface area contributed by atoms with Gasteiger partial charge in [0, 0.05) is 22.0 Å². The summed E-state index contributed by atoms with van der Waals surface area (Å²) in [7, 11) is 0. The number of allylic oxidation sites excluding steroid dienone is 1. The number of amides is 1. The van der Waals surface area contributed by atoms with Gasteiger partial charge in [0.25, 0.3) is 5.91 Å². The Morgan fingerprint density at radius 1 is 1.19 bits per heavy atom. The van der Waals surface area contributed by atoms with E-state index in [9.17, 15) is 4.79 Å². The van der Waals surface area contributed by atoms with E-state index in [1.165, 1.54) is 11.3 Å². The summed E-state index contributed by atoms with van der Waals surface area (Å²) in [5.41, 5.74) is 5.32. The molecule has 0 radical (unpaired) electrons. The molecular weight excluding hydrogens is 478 g/mol. The minimum atomic E-state index is -0.243. The lowest BCUT2D eigenvalue weighted by Crippen LogP contribution is -2.24. The zero-order chi connectivity index (χ0) is 17.6. The van der Waals surface area contributed by atoms with E-state index in [1.54, 1.807) is 12.1 Å². The predicted octanol–water partition coefficient (Wildman–Crippen LogP) is 4.99. The highest BCUT2D eigenvalue weighted by Crippen LogP contribution is 2.19. The van der Waals surface area contributed by atoms with Crippen molar-refractivity contribution < 1.29 is 4.79 Å². The fourth-order valence-electron chi connectivity index (χ4n) is 2.33. The second-order valence-electron chi connectivity index (χ2n) is 5.23. The van der Waals surface area contributed by atoms with Gasteiger partial charge in [-0.2, -0.15) is 0 Å². The first-order chi connectivity index (χ1) is 12.2. The van der Waals surface area contributed by atoms with Crippen molar-refractivity contribution in [3.63, 3.8) is 0 Å². The fraction of sp³-hybridized carbons (Fsp3) is 0.0526. The normalized spacial score (nSPS) is 10.9. The molecule has 4 nitrogen and oxygen atoms in total. The monoisotopic (exact) mass is 493 g/mol. The first-order valence-corrected chi connectivity index (χ1v) is 9.30. The average molecular weight is 495 g/mol. The predicted molar refractivity (Wildman–Crippen MR) is 115 cm³/mol. The van der Waals surface area contributed by atoms with Gasteiger partial charge in [0.1, 0.15) is 0 Å². The average Bonchev–Trinajstić information content (AvgIpc) is 3.04. The quantitative estimate of drug-likeness (QED) is 0.394. The number of halogens is 2. The molecular formula is C19H17Br2N3OS. The highest BCUT2D eigenvalue weighted by Gasteiger charge is 2.08. The van der Waals surface area contributed by atoms with Crippen molar-refractivity contribution in [2.45, 2.75) is 6.54 Å². The standard InChI is InChI=1S/C19H16BrN3OS.BrH/c1-2-12-23-17(14-6-4-3-5-7-14)13-25-19(23)22-21-18(24)15-8-10-16(20)11-9-15;/h2-11,13H,1,12H2,(H,21,24);1H. The molecule has 0 unspecified atom stereocenters. The van der Waals surface area contributed by atoms with Crippen LogP contribution < -0.4 is 10.2 Å². The van der Waals surface area contributed by atoms with Gasteiger partial charge in [-0.25, -0.2) is 5.43 Å². The van der Waals surface area contributed by atoms with E-state index in [0.29, 0.717) is 16.9 Å². The van der Waals surface area contributed by atoms with Gasteiger partial charge in [0.15, 0.2) is 0 Å². The minimum absolute atomic E-state index is 0. The minimum Gasteiger partial charge on any atom is -0.311 e. The number of hydrogen-bond acceptors (Lipinski definition) is 3. The molecule has 0 aliphatic carbocycles. The maximum Gasteiger partial charge on any atom is 0.271 e. The van der Waals surface area contributed by atoms with Crippen LogP contribution in [0.5, 0.6) is 0 Å². The number of carbonyl (C=O) groups is 1. The molecule has 134 valence electrons. The highest BCUT2D eigenvalue weighted by molar-refractivity contribution is 9.10. The number of benzene rings is 2. The van der Waals surface area contributed by atoms with Crippen LogP contribution in [-0.2, 0) is 6.54 Å². The van der Waals surface area contributed by atoms with Gasteiger partial charge >= 0.3 is 0 Å². The summed E-state index contributed by atoms with van der Waals surface area (Å²) >= 11 is 4.83. The van der Waals surface area contributed by atoms with Crippen LogP contribution in [0.3, 0.4) is 0 Å². The molecule has 0 aliphatic heterocycles. The molecule has 1 aromatic heterocycles. The molecule has 0 aliphatic rings. The van der Waals surface area contributed by atoms with E-state index < -0.39 is 0 Å². The summed E-state index contributed by atoms with van der Waals surface area (Å²) in [5.74, 6) is -0.243. The second kappa shape index (κ2) is 9.66. The lowest BCUT2D eigenvalue weighted by atomic mass is 10.2. The van der Waals surface area contributed by atoms with Gasteiger partial charge in [-0.3, -0.25) is 4.79 Å². The van der Waals surface area contributed by atoms with E-state index in [-0.39, 0.29) is 22.9 Å². The molecule has 1 heterocycles. The molecule has 0 saturated carbocycles. The van der Waals surface area contributed by atoms with E-state index >= 15 is 0 Å². The van der Waals surface area contributed by atoms with Crippen LogP contribution in [-0.4, -0.2) is 10.5 Å². The van der Waals surface area contributed by atoms with Crippen molar-refractivity contribution in [1.82, 2.24) is 9.99 Å². The molecule has 2 aromatic carbocycles. The molecule has 0 bridgehead atoms. The van der Waals surface area contributed by atoms with Crippen molar-refractivity contribution in [2.24, 2.45) is 5.10 Å². The maximum absolute atomic E-state index is 12.2. The van der Waals surface area contributed by atoms with Crippen molar-refractivity contribution in [3.05, 3.63) is 87.5 Å². The number of nitrogens with zero attached hydrogens (tertiary/aromatic N) is 2. The number of thiazole rings is 1. The van der Waals surface area contributed by atoms with Gasteiger partial charge < -0.3 is 4.57 Å². The Balaban J connectivity index is 0.00000243. The summed E-state index contributed by atoms with van der Waals surface area (Å²) in [6, 6.07) is 17.2. The van der Waals surface area contributed by atoms with Crippen LogP contribution in [0.4, 0.5) is 0 Å². The van der Waals surface area contributed by atoms with E-state index in [1.807, 2.05) is 58.5 Å². The van der Waals surface area contributed by atoms with Crippen LogP contribution in [0.2, 0.25) is 0 Å². The van der Waals surface area contributed by atoms with Crippen LogP contribution in [0.15, 0.2) is 82.2 Å². The van der Waals surface area contributed by atoms with E-state index in [4.69, 9.17) is 0 Å². The third-order valence-electron chi connectivity index (χ3n) is 3.54. The Hall–Kier alpha value is -1.96. The fourth-order valence-corrected chi connectivity index (χ4v) is 3.47. The molecule has 0 fully saturated rings. The lowest BCUT2D eigenvalue weighted by Gasteiger charge is -2.06. The third-order valence-corrected chi connectivity index (χ3v) is 4.93. The van der Waals surface area contributed by atoms with Gasteiger partial charge in [-0.15, -0.1) is 40.0 Å². The van der Waals surface area contributed by atoms with Gasteiger partial charge in [0.05, 0.1) is 5.69 Å². The van der Waals surface area contributed by atoms with Gasteiger partial charge in [-0.1, -0.05) is 52.3 Å². The van der Waals surface area contributed by atoms with Crippen LogP contribution in [0, 0.1) is 0 Å². The smallest absolute Gasteiger partial charge is 0.271 e. The molecule has 1 N–H and O–H groups in total. The Labute approximate surface area is 174 Å². The maximum atomic E-state index is 12.2. The summed E-state index contributed by atoms with van der Waals surface area (Å²) in [6.07, 6.45) is 1.81. The van der Waals surface area contributed by atoms with Crippen molar-refractivity contribution in [2.75, 3.05) is 0 Å². The van der Waals surface area contributed by atoms with Crippen LogP contribution in [0.1, 0.15) is 10.4 Å². The molecule has 7 heteroatoms. The third kappa shape index (κ3) is 4.81. The molecule has 3 rings (SSSR count). The van der Waals surface area contributed by atoms with Crippen LogP contribution in [0.25, 0.3) is 11.3 Å². The zero-order valence-corrected chi connectivity index (χ0v) is 17.9. The van der Waals surface area contributed by atoms with Crippen molar-refractivity contribution in [1.29, 1.82) is 0 Å². The van der Waals surface area contributed by atoms with E-state index in [2.05, 4.69) is 33.0 Å². The Bertz CT molecular complexity index is 947. The number of nitrogens with one attached hydrogen (secondary N) is 1. The van der Waals surface area contributed by atoms with Gasteiger partial charge in [0.2, 0.25) is 4.80 Å². The van der Waals surface area contributed by atoms with Crippen LogP contribution >= 0.6 is 44.2 Å². The number of hydrogen-bond donors (Lipinski definition) is 1. The first kappa shape index (κ1) is 20.4. The lowest BCUT2D eigenvalue weighted by molar-refractivity contribution is 0.0953. The van der Waals surface area contributed by atoms with Crippen molar-refractivity contribution in [3.8, 4) is 11.3 Å². The largest absolute Gasteiger partial charge is 0.311 e. The van der Waals surface area contributed by atoms with E-state index in [0.717, 1.165) is 15.7 Å². The molecule has 0 saturated heterocycles. The summed E-state index contributed by atoms with van der Waals surface area (Å²) in [4.78, 5) is 12.9. The summed E-state index contributed by atoms with van der Waals surface area (Å²) < 4.78 is 2.95. The van der Waals surface area contributed by atoms with Gasteiger partial charge in [-0.05, 0) is 29.8 Å². The Kier molecular flexibility index (Phi) is 7.56. The molecule has 3 aromatic rings. The molecule has 0 spiro atoms. The topological polar surface area (TPSA) is 46.4 Å². The second-order valence-corrected chi connectivity index (χ2v) is 6.98. The summed E-state index contributed by atoms with van der Waals surface area (Å²) in [6.45, 7) is 4.42.